The Hall–Kier alpha value is -2.82. The number of aliphatic hydroxyl groups is 1. The van der Waals surface area contributed by atoms with Gasteiger partial charge >= 0.3 is 0 Å². The highest BCUT2D eigenvalue weighted by Crippen LogP contribution is 2.21. The monoisotopic (exact) mass is 378 g/mol. The van der Waals surface area contributed by atoms with E-state index in [2.05, 4.69) is 20.2 Å². The van der Waals surface area contributed by atoms with Crippen LogP contribution >= 0.6 is 0 Å². The zero-order valence-corrected chi connectivity index (χ0v) is 14.7. The molecule has 1 aromatic heterocycles. The Morgan fingerprint density at radius 3 is 2.65 bits per heavy atom. The number of sulfonamides is 1. The zero-order chi connectivity index (χ0) is 19.2. The van der Waals surface area contributed by atoms with Gasteiger partial charge in [-0.05, 0) is 19.1 Å². The maximum Gasteiger partial charge on any atom is 0.255 e. The Balaban J connectivity index is 1.98. The van der Waals surface area contributed by atoms with Gasteiger partial charge in [-0.25, -0.2) is 18.6 Å². The first-order chi connectivity index (χ1) is 12.3. The van der Waals surface area contributed by atoms with E-state index in [0.29, 0.717) is 11.3 Å². The number of aryl methyl sites for hydroxylation is 1. The fourth-order valence-electron chi connectivity index (χ4n) is 1.97. The van der Waals surface area contributed by atoms with Crippen molar-refractivity contribution in [2.75, 3.05) is 6.54 Å². The second-order valence-corrected chi connectivity index (χ2v) is 6.99. The summed E-state index contributed by atoms with van der Waals surface area (Å²) in [6.07, 6.45) is 2.53. The summed E-state index contributed by atoms with van der Waals surface area (Å²) in [6, 6.07) is 7.63. The predicted molar refractivity (Wildman–Crippen MR) is 93.9 cm³/mol. The van der Waals surface area contributed by atoms with Crippen LogP contribution in [0, 0.1) is 6.92 Å². The minimum absolute atomic E-state index is 0.0427. The lowest BCUT2D eigenvalue weighted by Crippen LogP contribution is -2.34. The molecule has 0 bridgehead atoms. The van der Waals surface area contributed by atoms with E-state index in [-0.39, 0.29) is 22.8 Å². The first kappa shape index (κ1) is 19.5. The van der Waals surface area contributed by atoms with E-state index in [0.717, 1.165) is 6.21 Å². The molecule has 26 heavy (non-hydrogen) atoms. The van der Waals surface area contributed by atoms with Crippen LogP contribution in [0.5, 0.6) is 5.75 Å². The molecule has 9 nitrogen and oxygen atoms in total. The van der Waals surface area contributed by atoms with Crippen molar-refractivity contribution >= 4 is 22.1 Å². The number of nitrogens with one attached hydrogen (secondary N) is 2. The van der Waals surface area contributed by atoms with Crippen LogP contribution in [0.1, 0.15) is 16.8 Å². The molecule has 0 unspecified atom stereocenters. The third-order valence-corrected chi connectivity index (χ3v) is 4.80. The lowest BCUT2D eigenvalue weighted by molar-refractivity contribution is -0.119. The summed E-state index contributed by atoms with van der Waals surface area (Å²) in [5.74, 6) is -0.865. The minimum atomic E-state index is -3.80. The minimum Gasteiger partial charge on any atom is -0.505 e. The van der Waals surface area contributed by atoms with E-state index >= 15 is 0 Å². The van der Waals surface area contributed by atoms with Gasteiger partial charge in [-0.15, -0.1) is 0 Å². The highest BCUT2D eigenvalue weighted by molar-refractivity contribution is 7.89. The van der Waals surface area contributed by atoms with E-state index in [1.165, 1.54) is 18.3 Å². The summed E-state index contributed by atoms with van der Waals surface area (Å²) < 4.78 is 26.2. The van der Waals surface area contributed by atoms with Crippen molar-refractivity contribution in [3.05, 3.63) is 53.3 Å². The molecular formula is C16H18N4O5S. The van der Waals surface area contributed by atoms with E-state index in [9.17, 15) is 23.4 Å². The normalized spacial score (nSPS) is 11.6. The molecular weight excluding hydrogens is 360 g/mol. The van der Waals surface area contributed by atoms with Crippen LogP contribution in [0.15, 0.2) is 46.5 Å². The maximum absolute atomic E-state index is 12.0. The predicted octanol–water partition coefficient (Wildman–Crippen LogP) is 0.0165. The Morgan fingerprint density at radius 2 is 2.00 bits per heavy atom. The van der Waals surface area contributed by atoms with E-state index in [1.807, 2.05) is 0 Å². The number of hydrogen-bond donors (Lipinski definition) is 4. The Bertz CT molecular complexity index is 914. The number of nitrogens with zero attached hydrogens (tertiary/aromatic N) is 2. The SMILES string of the molecule is Cc1ncc(CO)c(/C=N/NC(=O)CNS(=O)(=O)c2ccccc2)c1O. The van der Waals surface area contributed by atoms with Gasteiger partial charge in [-0.1, -0.05) is 18.2 Å². The number of carbonyl (C=O) groups excluding carboxylic acids is 1. The molecule has 0 aliphatic rings. The van der Waals surface area contributed by atoms with Gasteiger partial charge in [0.05, 0.1) is 30.0 Å². The van der Waals surface area contributed by atoms with Crippen LogP contribution in [-0.4, -0.2) is 42.3 Å². The van der Waals surface area contributed by atoms with Crippen molar-refractivity contribution in [1.29, 1.82) is 0 Å². The Kier molecular flexibility index (Phi) is 6.39. The first-order valence-electron chi connectivity index (χ1n) is 7.50. The van der Waals surface area contributed by atoms with Crippen molar-refractivity contribution in [1.82, 2.24) is 15.1 Å². The molecule has 0 aliphatic carbocycles. The van der Waals surface area contributed by atoms with Gasteiger partial charge in [0.25, 0.3) is 5.91 Å². The molecule has 138 valence electrons. The molecule has 0 fully saturated rings. The molecule has 0 saturated heterocycles. The molecule has 2 rings (SSSR count). The average molecular weight is 378 g/mol. The molecule has 1 aromatic carbocycles. The number of hydrazone groups is 1. The molecule has 2 aromatic rings. The molecule has 1 amide bonds. The fraction of sp³-hybridized carbons (Fsp3) is 0.188. The van der Waals surface area contributed by atoms with E-state index in [1.54, 1.807) is 25.1 Å². The maximum atomic E-state index is 12.0. The Labute approximate surface area is 150 Å². The fourth-order valence-corrected chi connectivity index (χ4v) is 2.98. The molecule has 4 N–H and O–H groups in total. The second-order valence-electron chi connectivity index (χ2n) is 5.22. The van der Waals surface area contributed by atoms with Crippen LogP contribution in [0.4, 0.5) is 0 Å². The van der Waals surface area contributed by atoms with Crippen LogP contribution in [0.25, 0.3) is 0 Å². The number of aromatic nitrogens is 1. The average Bonchev–Trinajstić information content (AvgIpc) is 2.64. The van der Waals surface area contributed by atoms with Crippen molar-refractivity contribution < 1.29 is 23.4 Å². The quantitative estimate of drug-likeness (QED) is 0.395. The molecule has 0 aliphatic heterocycles. The number of hydrogen-bond acceptors (Lipinski definition) is 7. The molecule has 0 radical (unpaired) electrons. The summed E-state index contributed by atoms with van der Waals surface area (Å²) in [4.78, 5) is 15.7. The molecule has 0 atom stereocenters. The van der Waals surface area contributed by atoms with Crippen LogP contribution in [0.2, 0.25) is 0 Å². The first-order valence-corrected chi connectivity index (χ1v) is 8.98. The van der Waals surface area contributed by atoms with Gasteiger partial charge in [0.2, 0.25) is 10.0 Å². The van der Waals surface area contributed by atoms with Gasteiger partial charge in [-0.2, -0.15) is 5.10 Å². The number of benzene rings is 1. The van der Waals surface area contributed by atoms with Crippen molar-refractivity contribution in [2.45, 2.75) is 18.4 Å². The van der Waals surface area contributed by atoms with Gasteiger partial charge in [0.15, 0.2) is 0 Å². The van der Waals surface area contributed by atoms with Crippen molar-refractivity contribution in [3.8, 4) is 5.75 Å². The summed E-state index contributed by atoms with van der Waals surface area (Å²) in [7, 11) is -3.80. The second kappa shape index (κ2) is 8.52. The van der Waals surface area contributed by atoms with Gasteiger partial charge in [-0.3, -0.25) is 9.78 Å². The third kappa shape index (κ3) is 4.85. The number of aromatic hydroxyl groups is 1. The highest BCUT2D eigenvalue weighted by Gasteiger charge is 2.14. The number of carbonyl (C=O) groups is 1. The highest BCUT2D eigenvalue weighted by atomic mass is 32.2. The summed E-state index contributed by atoms with van der Waals surface area (Å²) >= 11 is 0. The van der Waals surface area contributed by atoms with E-state index in [4.69, 9.17) is 0 Å². The number of amides is 1. The number of aliphatic hydroxyl groups excluding tert-OH is 1. The topological polar surface area (TPSA) is 141 Å². The summed E-state index contributed by atoms with van der Waals surface area (Å²) in [6.45, 7) is 0.695. The van der Waals surface area contributed by atoms with Crippen LogP contribution in [-0.2, 0) is 21.4 Å². The standard InChI is InChI=1S/C16H18N4O5S/c1-11-16(23)14(12(10-21)7-17-11)8-18-20-15(22)9-19-26(24,25)13-5-3-2-4-6-13/h2-8,19,21,23H,9-10H2,1H3,(H,20,22)/b18-8+. The lowest BCUT2D eigenvalue weighted by atomic mass is 10.1. The molecule has 10 heteroatoms. The number of rotatable bonds is 7. The Morgan fingerprint density at radius 1 is 1.31 bits per heavy atom. The summed E-state index contributed by atoms with van der Waals surface area (Å²) in [5.41, 5.74) is 3.02. The third-order valence-electron chi connectivity index (χ3n) is 3.39. The zero-order valence-electron chi connectivity index (χ0n) is 13.9. The van der Waals surface area contributed by atoms with Gasteiger partial charge in [0.1, 0.15) is 5.75 Å². The lowest BCUT2D eigenvalue weighted by Gasteiger charge is -2.07. The van der Waals surface area contributed by atoms with Crippen LogP contribution < -0.4 is 10.1 Å². The number of pyridine rings is 1. The smallest absolute Gasteiger partial charge is 0.255 e. The molecule has 0 saturated carbocycles. The van der Waals surface area contributed by atoms with Gasteiger partial charge in [0, 0.05) is 17.3 Å². The van der Waals surface area contributed by atoms with Crippen molar-refractivity contribution in [2.24, 2.45) is 5.10 Å². The van der Waals surface area contributed by atoms with Crippen LogP contribution in [0.3, 0.4) is 0 Å². The molecule has 0 spiro atoms. The van der Waals surface area contributed by atoms with E-state index < -0.39 is 22.5 Å². The molecule has 1 heterocycles. The van der Waals surface area contributed by atoms with Gasteiger partial charge < -0.3 is 10.2 Å². The van der Waals surface area contributed by atoms with Crippen molar-refractivity contribution in [3.63, 3.8) is 0 Å². The summed E-state index contributed by atoms with van der Waals surface area (Å²) in [5, 5.41) is 22.9. The largest absolute Gasteiger partial charge is 0.505 e.